The Bertz CT molecular complexity index is 882. The lowest BCUT2D eigenvalue weighted by atomic mass is 9.92. The van der Waals surface area contributed by atoms with E-state index in [4.69, 9.17) is 0 Å². The van der Waals surface area contributed by atoms with Crippen LogP contribution in [0, 0.1) is 0 Å². The third-order valence-corrected chi connectivity index (χ3v) is 6.40. The summed E-state index contributed by atoms with van der Waals surface area (Å²) >= 11 is 0. The number of benzene rings is 2. The van der Waals surface area contributed by atoms with Gasteiger partial charge in [-0.2, -0.15) is 0 Å². The van der Waals surface area contributed by atoms with E-state index in [1.807, 2.05) is 58.3 Å². The summed E-state index contributed by atoms with van der Waals surface area (Å²) < 4.78 is 0. The quantitative estimate of drug-likeness (QED) is 0.785. The summed E-state index contributed by atoms with van der Waals surface area (Å²) in [6, 6.07) is 19.8. The third-order valence-electron chi connectivity index (χ3n) is 6.40. The molecule has 2 aromatic rings. The second-order valence-corrected chi connectivity index (χ2v) is 9.04. The predicted octanol–water partition coefficient (Wildman–Crippen LogP) is 3.07. The van der Waals surface area contributed by atoms with E-state index in [0.29, 0.717) is 26.1 Å². The highest BCUT2D eigenvalue weighted by molar-refractivity contribution is 5.94. The number of nitrogens with zero attached hydrogens (tertiary/aromatic N) is 3. The molecular weight excluding hydrogens is 374 g/mol. The smallest absolute Gasteiger partial charge is 0.253 e. The number of fused-ring (bicyclic) bond motifs is 1. The standard InChI is InChI=1S/C25H31N3O2/c1-25(2)19-27(24(30)21-11-7-4-8-12-21)18-22-17-26(15-16-28(22)25)23(29)14-13-20-9-5-3-6-10-20/h3-12,22H,13-19H2,1-2H3/t22-/m0/s1. The number of aryl methyl sites for hydroxylation is 1. The number of rotatable bonds is 4. The first-order valence-electron chi connectivity index (χ1n) is 10.9. The lowest BCUT2D eigenvalue weighted by Crippen LogP contribution is -2.70. The second-order valence-electron chi connectivity index (χ2n) is 9.04. The molecule has 0 saturated carbocycles. The van der Waals surface area contributed by atoms with Crippen molar-refractivity contribution in [2.45, 2.75) is 38.3 Å². The van der Waals surface area contributed by atoms with Crippen LogP contribution in [0.1, 0.15) is 36.2 Å². The number of hydrogen-bond donors (Lipinski definition) is 0. The molecule has 5 heteroatoms. The van der Waals surface area contributed by atoms with Gasteiger partial charge in [0, 0.05) is 56.3 Å². The van der Waals surface area contributed by atoms with Gasteiger partial charge in [-0.1, -0.05) is 48.5 Å². The van der Waals surface area contributed by atoms with E-state index in [2.05, 4.69) is 30.9 Å². The molecule has 0 spiro atoms. The molecule has 4 rings (SSSR count). The van der Waals surface area contributed by atoms with Crippen LogP contribution in [0.3, 0.4) is 0 Å². The average Bonchev–Trinajstić information content (AvgIpc) is 2.77. The van der Waals surface area contributed by atoms with Gasteiger partial charge in [-0.3, -0.25) is 14.5 Å². The molecule has 5 nitrogen and oxygen atoms in total. The van der Waals surface area contributed by atoms with Crippen molar-refractivity contribution < 1.29 is 9.59 Å². The van der Waals surface area contributed by atoms with Crippen molar-refractivity contribution in [3.8, 4) is 0 Å². The van der Waals surface area contributed by atoms with Gasteiger partial charge in [0.2, 0.25) is 5.91 Å². The average molecular weight is 406 g/mol. The summed E-state index contributed by atoms with van der Waals surface area (Å²) in [6.07, 6.45) is 1.31. The molecule has 2 amide bonds. The number of amides is 2. The van der Waals surface area contributed by atoms with E-state index in [-0.39, 0.29) is 23.4 Å². The van der Waals surface area contributed by atoms with Gasteiger partial charge in [0.25, 0.3) is 5.91 Å². The summed E-state index contributed by atoms with van der Waals surface area (Å²) in [4.78, 5) is 32.4. The molecule has 2 fully saturated rings. The van der Waals surface area contributed by atoms with Gasteiger partial charge in [0.15, 0.2) is 0 Å². The number of piperazine rings is 2. The highest BCUT2D eigenvalue weighted by atomic mass is 16.2. The molecule has 0 bridgehead atoms. The van der Waals surface area contributed by atoms with E-state index in [9.17, 15) is 9.59 Å². The Hall–Kier alpha value is -2.66. The Morgan fingerprint density at radius 2 is 1.53 bits per heavy atom. The molecule has 0 N–H and O–H groups in total. The van der Waals surface area contributed by atoms with Gasteiger partial charge < -0.3 is 9.80 Å². The monoisotopic (exact) mass is 405 g/mol. The predicted molar refractivity (Wildman–Crippen MR) is 118 cm³/mol. The van der Waals surface area contributed by atoms with Crippen LogP contribution in [0.15, 0.2) is 60.7 Å². The van der Waals surface area contributed by atoms with Crippen molar-refractivity contribution in [1.82, 2.24) is 14.7 Å². The maximum Gasteiger partial charge on any atom is 0.253 e. The molecule has 158 valence electrons. The first-order chi connectivity index (χ1) is 14.4. The van der Waals surface area contributed by atoms with Crippen LogP contribution in [0.2, 0.25) is 0 Å². The van der Waals surface area contributed by atoms with Gasteiger partial charge in [-0.25, -0.2) is 0 Å². The van der Waals surface area contributed by atoms with Crippen LogP contribution >= 0.6 is 0 Å². The summed E-state index contributed by atoms with van der Waals surface area (Å²) in [5.41, 5.74) is 1.82. The van der Waals surface area contributed by atoms with Crippen LogP contribution in [-0.2, 0) is 11.2 Å². The zero-order valence-corrected chi connectivity index (χ0v) is 18.0. The maximum absolute atomic E-state index is 13.1. The van der Waals surface area contributed by atoms with Crippen molar-refractivity contribution in [2.24, 2.45) is 0 Å². The molecule has 30 heavy (non-hydrogen) atoms. The van der Waals surface area contributed by atoms with E-state index in [1.165, 1.54) is 5.56 Å². The topological polar surface area (TPSA) is 43.9 Å². The van der Waals surface area contributed by atoms with Gasteiger partial charge >= 0.3 is 0 Å². The van der Waals surface area contributed by atoms with E-state index in [0.717, 1.165) is 25.1 Å². The van der Waals surface area contributed by atoms with Crippen molar-refractivity contribution in [2.75, 3.05) is 32.7 Å². The molecule has 0 radical (unpaired) electrons. The summed E-state index contributed by atoms with van der Waals surface area (Å²) in [6.45, 7) is 8.10. The Morgan fingerprint density at radius 1 is 0.900 bits per heavy atom. The number of carbonyl (C=O) groups is 2. The minimum atomic E-state index is -0.105. The summed E-state index contributed by atoms with van der Waals surface area (Å²) in [5, 5.41) is 0. The zero-order valence-electron chi connectivity index (χ0n) is 18.0. The molecule has 2 heterocycles. The van der Waals surface area contributed by atoms with E-state index >= 15 is 0 Å². The van der Waals surface area contributed by atoms with Gasteiger partial charge in [-0.15, -0.1) is 0 Å². The van der Waals surface area contributed by atoms with Crippen LogP contribution in [0.25, 0.3) is 0 Å². The van der Waals surface area contributed by atoms with Crippen LogP contribution in [0.4, 0.5) is 0 Å². The Balaban J connectivity index is 1.41. The van der Waals surface area contributed by atoms with Gasteiger partial charge in [0.05, 0.1) is 0 Å². The first-order valence-corrected chi connectivity index (χ1v) is 10.9. The third kappa shape index (κ3) is 4.41. The fourth-order valence-electron chi connectivity index (χ4n) is 4.88. The largest absolute Gasteiger partial charge is 0.340 e. The lowest BCUT2D eigenvalue weighted by molar-refractivity contribution is -0.138. The summed E-state index contributed by atoms with van der Waals surface area (Å²) in [7, 11) is 0. The minimum Gasteiger partial charge on any atom is -0.340 e. The Morgan fingerprint density at radius 3 is 2.23 bits per heavy atom. The number of hydrogen-bond acceptors (Lipinski definition) is 3. The summed E-state index contributed by atoms with van der Waals surface area (Å²) in [5.74, 6) is 0.290. The molecular formula is C25H31N3O2. The lowest BCUT2D eigenvalue weighted by Gasteiger charge is -2.55. The number of carbonyl (C=O) groups excluding carboxylic acids is 2. The normalized spacial score (nSPS) is 21.2. The van der Waals surface area contributed by atoms with Crippen molar-refractivity contribution >= 4 is 11.8 Å². The molecule has 2 saturated heterocycles. The Kier molecular flexibility index (Phi) is 5.91. The SMILES string of the molecule is CC1(C)CN(C(=O)c2ccccc2)C[C@@H]2CN(C(=O)CCc3ccccc3)CCN21. The van der Waals surface area contributed by atoms with Crippen LogP contribution in [0.5, 0.6) is 0 Å². The van der Waals surface area contributed by atoms with Crippen LogP contribution < -0.4 is 0 Å². The molecule has 2 aliphatic heterocycles. The van der Waals surface area contributed by atoms with Crippen molar-refractivity contribution in [1.29, 1.82) is 0 Å². The molecule has 1 atom stereocenters. The molecule has 0 aliphatic carbocycles. The second kappa shape index (κ2) is 8.60. The van der Waals surface area contributed by atoms with E-state index in [1.54, 1.807) is 0 Å². The van der Waals surface area contributed by atoms with Gasteiger partial charge in [-0.05, 0) is 38.0 Å². The van der Waals surface area contributed by atoms with E-state index < -0.39 is 0 Å². The van der Waals surface area contributed by atoms with Gasteiger partial charge in [0.1, 0.15) is 0 Å². The first kappa shape index (κ1) is 20.6. The van der Waals surface area contributed by atoms with Crippen molar-refractivity contribution in [3.63, 3.8) is 0 Å². The fraction of sp³-hybridized carbons (Fsp3) is 0.440. The molecule has 0 unspecified atom stereocenters. The maximum atomic E-state index is 13.1. The fourth-order valence-corrected chi connectivity index (χ4v) is 4.88. The molecule has 0 aromatic heterocycles. The molecule has 2 aromatic carbocycles. The minimum absolute atomic E-state index is 0.0795. The highest BCUT2D eigenvalue weighted by Crippen LogP contribution is 2.29. The molecule has 2 aliphatic rings. The van der Waals surface area contributed by atoms with Crippen LogP contribution in [-0.4, -0.2) is 70.8 Å². The van der Waals surface area contributed by atoms with Crippen molar-refractivity contribution in [3.05, 3.63) is 71.8 Å². The Labute approximate surface area is 179 Å². The highest BCUT2D eigenvalue weighted by Gasteiger charge is 2.44. The zero-order chi connectivity index (χ0) is 21.1.